The number of hydrogen-bond acceptors (Lipinski definition) is 3. The van der Waals surface area contributed by atoms with Gasteiger partial charge in [0, 0.05) is 24.1 Å². The standard InChI is InChI=1S/C14H23BrN2O/c1-4-7-17(9-8-16(2)3)14-6-5-12(11-18)10-13(14)15/h5-6,10,18H,4,7-9,11H2,1-3H3. The van der Waals surface area contributed by atoms with Gasteiger partial charge in [0.1, 0.15) is 0 Å². The Balaban J connectivity index is 2.84. The largest absolute Gasteiger partial charge is 0.392 e. The van der Waals surface area contributed by atoms with Gasteiger partial charge < -0.3 is 14.9 Å². The van der Waals surface area contributed by atoms with E-state index in [1.807, 2.05) is 12.1 Å². The van der Waals surface area contributed by atoms with Crippen molar-refractivity contribution in [2.24, 2.45) is 0 Å². The molecular formula is C14H23BrN2O. The van der Waals surface area contributed by atoms with Gasteiger partial charge in [-0.2, -0.15) is 0 Å². The quantitative estimate of drug-likeness (QED) is 0.838. The van der Waals surface area contributed by atoms with E-state index in [2.05, 4.69) is 52.8 Å². The molecule has 0 heterocycles. The van der Waals surface area contributed by atoms with Crippen LogP contribution in [0.5, 0.6) is 0 Å². The van der Waals surface area contributed by atoms with Crippen LogP contribution < -0.4 is 4.90 Å². The normalized spacial score (nSPS) is 11.0. The number of nitrogens with zero attached hydrogens (tertiary/aromatic N) is 2. The summed E-state index contributed by atoms with van der Waals surface area (Å²) in [5, 5.41) is 9.13. The molecule has 0 bridgehead atoms. The summed E-state index contributed by atoms with van der Waals surface area (Å²) in [6.45, 7) is 5.38. The second-order valence-electron chi connectivity index (χ2n) is 4.73. The Kier molecular flexibility index (Phi) is 6.68. The molecule has 0 spiro atoms. The molecule has 0 aliphatic carbocycles. The lowest BCUT2D eigenvalue weighted by Gasteiger charge is -2.27. The summed E-state index contributed by atoms with van der Waals surface area (Å²) in [7, 11) is 4.18. The third kappa shape index (κ3) is 4.59. The number of benzene rings is 1. The number of halogens is 1. The molecule has 1 rings (SSSR count). The molecule has 3 nitrogen and oxygen atoms in total. The highest BCUT2D eigenvalue weighted by Gasteiger charge is 2.10. The van der Waals surface area contributed by atoms with Crippen molar-refractivity contribution in [2.75, 3.05) is 38.6 Å². The highest BCUT2D eigenvalue weighted by Crippen LogP contribution is 2.27. The van der Waals surface area contributed by atoms with E-state index >= 15 is 0 Å². The molecule has 0 saturated carbocycles. The van der Waals surface area contributed by atoms with Crippen LogP contribution in [0.3, 0.4) is 0 Å². The highest BCUT2D eigenvalue weighted by atomic mass is 79.9. The first kappa shape index (κ1) is 15.5. The minimum absolute atomic E-state index is 0.0877. The molecule has 0 fully saturated rings. The summed E-state index contributed by atoms with van der Waals surface area (Å²) in [6, 6.07) is 6.06. The van der Waals surface area contributed by atoms with Crippen LogP contribution in [0.4, 0.5) is 5.69 Å². The van der Waals surface area contributed by atoms with Gasteiger partial charge in [0.25, 0.3) is 0 Å². The maximum atomic E-state index is 9.13. The third-order valence-electron chi connectivity index (χ3n) is 2.85. The summed E-state index contributed by atoms with van der Waals surface area (Å²) < 4.78 is 1.06. The number of aliphatic hydroxyl groups excluding tert-OH is 1. The minimum atomic E-state index is 0.0877. The van der Waals surface area contributed by atoms with Crippen LogP contribution in [0.15, 0.2) is 22.7 Å². The molecule has 0 atom stereocenters. The maximum absolute atomic E-state index is 9.13. The van der Waals surface area contributed by atoms with E-state index in [9.17, 15) is 0 Å². The van der Waals surface area contributed by atoms with E-state index in [1.54, 1.807) is 0 Å². The van der Waals surface area contributed by atoms with Gasteiger partial charge in [-0.25, -0.2) is 0 Å². The van der Waals surface area contributed by atoms with Gasteiger partial charge >= 0.3 is 0 Å². The van der Waals surface area contributed by atoms with Crippen molar-refractivity contribution < 1.29 is 5.11 Å². The molecule has 1 aromatic rings. The van der Waals surface area contributed by atoms with E-state index in [-0.39, 0.29) is 6.61 Å². The van der Waals surface area contributed by atoms with Gasteiger partial charge in [0.2, 0.25) is 0 Å². The number of hydrogen-bond donors (Lipinski definition) is 1. The van der Waals surface area contributed by atoms with E-state index < -0.39 is 0 Å². The van der Waals surface area contributed by atoms with Gasteiger partial charge in [0.15, 0.2) is 0 Å². The molecule has 0 amide bonds. The molecule has 1 aromatic carbocycles. The van der Waals surface area contributed by atoms with Gasteiger partial charge in [-0.15, -0.1) is 0 Å². The first-order valence-corrected chi connectivity index (χ1v) is 7.16. The number of aliphatic hydroxyl groups is 1. The Morgan fingerprint density at radius 3 is 2.39 bits per heavy atom. The first-order valence-electron chi connectivity index (χ1n) is 6.37. The zero-order chi connectivity index (χ0) is 13.5. The summed E-state index contributed by atoms with van der Waals surface area (Å²) in [6.07, 6.45) is 1.13. The van der Waals surface area contributed by atoms with E-state index in [0.29, 0.717) is 0 Å². The van der Waals surface area contributed by atoms with Crippen LogP contribution in [-0.4, -0.2) is 43.7 Å². The number of anilines is 1. The van der Waals surface area contributed by atoms with Crippen molar-refractivity contribution in [1.82, 2.24) is 4.90 Å². The average molecular weight is 315 g/mol. The van der Waals surface area contributed by atoms with Crippen molar-refractivity contribution in [3.05, 3.63) is 28.2 Å². The topological polar surface area (TPSA) is 26.7 Å². The zero-order valence-electron chi connectivity index (χ0n) is 11.5. The fourth-order valence-corrected chi connectivity index (χ4v) is 2.53. The zero-order valence-corrected chi connectivity index (χ0v) is 13.1. The summed E-state index contributed by atoms with van der Waals surface area (Å²) >= 11 is 3.60. The lowest BCUT2D eigenvalue weighted by atomic mass is 10.2. The average Bonchev–Trinajstić information content (AvgIpc) is 2.34. The summed E-state index contributed by atoms with van der Waals surface area (Å²) in [5.74, 6) is 0. The van der Waals surface area contributed by atoms with Crippen LogP contribution in [0.2, 0.25) is 0 Å². The predicted octanol–water partition coefficient (Wildman–Crippen LogP) is 2.72. The number of rotatable bonds is 7. The molecular weight excluding hydrogens is 292 g/mol. The second kappa shape index (κ2) is 7.77. The first-order chi connectivity index (χ1) is 8.58. The molecule has 0 saturated heterocycles. The monoisotopic (exact) mass is 314 g/mol. The molecule has 0 aliphatic rings. The van der Waals surface area contributed by atoms with Crippen LogP contribution in [0.25, 0.3) is 0 Å². The third-order valence-corrected chi connectivity index (χ3v) is 3.48. The Hall–Kier alpha value is -0.580. The van der Waals surface area contributed by atoms with Crippen molar-refractivity contribution in [2.45, 2.75) is 20.0 Å². The van der Waals surface area contributed by atoms with Gasteiger partial charge in [0.05, 0.1) is 12.3 Å². The smallest absolute Gasteiger partial charge is 0.0682 e. The number of likely N-dealkylation sites (N-methyl/N-ethyl adjacent to an activating group) is 1. The van der Waals surface area contributed by atoms with Gasteiger partial charge in [-0.3, -0.25) is 0 Å². The second-order valence-corrected chi connectivity index (χ2v) is 5.59. The molecule has 4 heteroatoms. The molecule has 0 aliphatic heterocycles. The minimum Gasteiger partial charge on any atom is -0.392 e. The lowest BCUT2D eigenvalue weighted by Crippen LogP contribution is -2.32. The molecule has 0 radical (unpaired) electrons. The predicted molar refractivity (Wildman–Crippen MR) is 81.1 cm³/mol. The lowest BCUT2D eigenvalue weighted by molar-refractivity contribution is 0.282. The fourth-order valence-electron chi connectivity index (χ4n) is 1.85. The maximum Gasteiger partial charge on any atom is 0.0682 e. The Labute approximate surface area is 119 Å². The molecule has 0 aromatic heterocycles. The Morgan fingerprint density at radius 1 is 1.17 bits per heavy atom. The van der Waals surface area contributed by atoms with E-state index in [0.717, 1.165) is 36.1 Å². The molecule has 0 unspecified atom stereocenters. The van der Waals surface area contributed by atoms with Crippen molar-refractivity contribution in [3.8, 4) is 0 Å². The van der Waals surface area contributed by atoms with E-state index in [1.165, 1.54) is 5.69 Å². The van der Waals surface area contributed by atoms with Crippen LogP contribution in [0, 0.1) is 0 Å². The Bertz CT molecular complexity index is 369. The highest BCUT2D eigenvalue weighted by molar-refractivity contribution is 9.10. The molecule has 102 valence electrons. The van der Waals surface area contributed by atoms with Crippen molar-refractivity contribution in [1.29, 1.82) is 0 Å². The van der Waals surface area contributed by atoms with Crippen molar-refractivity contribution >= 4 is 21.6 Å². The van der Waals surface area contributed by atoms with Gasteiger partial charge in [-0.1, -0.05) is 13.0 Å². The van der Waals surface area contributed by atoms with Crippen LogP contribution in [-0.2, 0) is 6.61 Å². The van der Waals surface area contributed by atoms with Crippen LogP contribution in [0.1, 0.15) is 18.9 Å². The van der Waals surface area contributed by atoms with Crippen molar-refractivity contribution in [3.63, 3.8) is 0 Å². The SMILES string of the molecule is CCCN(CCN(C)C)c1ccc(CO)cc1Br. The van der Waals surface area contributed by atoms with E-state index in [4.69, 9.17) is 5.11 Å². The molecule has 18 heavy (non-hydrogen) atoms. The fraction of sp³-hybridized carbons (Fsp3) is 0.571. The molecule has 1 N–H and O–H groups in total. The summed E-state index contributed by atoms with van der Waals surface area (Å²) in [4.78, 5) is 4.57. The Morgan fingerprint density at radius 2 is 1.89 bits per heavy atom. The summed E-state index contributed by atoms with van der Waals surface area (Å²) in [5.41, 5.74) is 2.14. The van der Waals surface area contributed by atoms with Gasteiger partial charge in [-0.05, 0) is 54.1 Å². The van der Waals surface area contributed by atoms with Crippen LogP contribution >= 0.6 is 15.9 Å².